The lowest BCUT2D eigenvalue weighted by Crippen LogP contribution is -1.99. The van der Waals surface area contributed by atoms with Crippen molar-refractivity contribution in [1.29, 1.82) is 0 Å². The summed E-state index contributed by atoms with van der Waals surface area (Å²) in [5.41, 5.74) is 1.72. The Balaban J connectivity index is 1.99. The van der Waals surface area contributed by atoms with E-state index in [1.165, 1.54) is 23.8 Å². The maximum Gasteiger partial charge on any atom is 0.335 e. The van der Waals surface area contributed by atoms with Crippen LogP contribution in [0.5, 0.6) is 0 Å². The molecule has 0 aromatic heterocycles. The van der Waals surface area contributed by atoms with Gasteiger partial charge in [-0.3, -0.25) is 0 Å². The van der Waals surface area contributed by atoms with Crippen LogP contribution in [0.15, 0.2) is 48.5 Å². The molecular weight excluding hydrogens is 263 g/mol. The van der Waals surface area contributed by atoms with Crippen LogP contribution < -0.4 is 0 Å². The summed E-state index contributed by atoms with van der Waals surface area (Å²) in [6.45, 7) is 0. The average Bonchev–Trinajstić information content (AvgIpc) is 2.42. The minimum Gasteiger partial charge on any atom is -0.478 e. The smallest absolute Gasteiger partial charge is 0.335 e. The van der Waals surface area contributed by atoms with E-state index in [2.05, 4.69) is 0 Å². The van der Waals surface area contributed by atoms with Gasteiger partial charge in [0, 0.05) is 11.5 Å². The van der Waals surface area contributed by atoms with Gasteiger partial charge in [-0.1, -0.05) is 30.3 Å². The molecule has 2 aromatic rings. The van der Waals surface area contributed by atoms with Crippen LogP contribution in [0.1, 0.15) is 21.5 Å². The second-order valence-electron chi connectivity index (χ2n) is 4.09. The number of hydrogen-bond acceptors (Lipinski definition) is 2. The molecule has 0 aliphatic heterocycles. The highest BCUT2D eigenvalue weighted by Gasteiger charge is 2.08. The van der Waals surface area contributed by atoms with Gasteiger partial charge >= 0.3 is 5.97 Å². The van der Waals surface area contributed by atoms with E-state index in [1.54, 1.807) is 11.8 Å². The van der Waals surface area contributed by atoms with Crippen LogP contribution >= 0.6 is 11.8 Å². The molecule has 0 spiro atoms. The van der Waals surface area contributed by atoms with Gasteiger partial charge in [0.2, 0.25) is 0 Å². The molecule has 0 amide bonds. The molecule has 0 bridgehead atoms. The largest absolute Gasteiger partial charge is 0.478 e. The highest BCUT2D eigenvalue weighted by molar-refractivity contribution is 7.97. The molecule has 0 aliphatic rings. The molecule has 0 aliphatic carbocycles. The van der Waals surface area contributed by atoms with E-state index in [1.807, 2.05) is 30.3 Å². The van der Waals surface area contributed by atoms with Crippen LogP contribution in [-0.4, -0.2) is 11.1 Å². The minimum absolute atomic E-state index is 0.122. The van der Waals surface area contributed by atoms with Crippen molar-refractivity contribution in [3.8, 4) is 0 Å². The Labute approximate surface area is 115 Å². The number of carbonyl (C=O) groups is 1. The molecule has 1 N–H and O–H groups in total. The van der Waals surface area contributed by atoms with E-state index in [9.17, 15) is 9.18 Å². The highest BCUT2D eigenvalue weighted by atomic mass is 32.2. The van der Waals surface area contributed by atoms with E-state index >= 15 is 0 Å². The first-order chi connectivity index (χ1) is 9.16. The molecule has 2 nitrogen and oxygen atoms in total. The second-order valence-corrected chi connectivity index (χ2v) is 5.08. The Hall–Kier alpha value is -1.81. The molecule has 0 fully saturated rings. The van der Waals surface area contributed by atoms with Gasteiger partial charge in [-0.05, 0) is 29.3 Å². The van der Waals surface area contributed by atoms with Crippen molar-refractivity contribution >= 4 is 17.7 Å². The number of halogens is 1. The number of aromatic carboxylic acids is 1. The molecule has 0 unspecified atom stereocenters. The summed E-state index contributed by atoms with van der Waals surface area (Å²) in [6.07, 6.45) is 0. The van der Waals surface area contributed by atoms with Crippen LogP contribution in [0.25, 0.3) is 0 Å². The van der Waals surface area contributed by atoms with Gasteiger partial charge in [0.15, 0.2) is 0 Å². The van der Waals surface area contributed by atoms with Gasteiger partial charge in [0.1, 0.15) is 5.82 Å². The maximum absolute atomic E-state index is 13.6. The zero-order valence-corrected chi connectivity index (χ0v) is 11.0. The fourth-order valence-electron chi connectivity index (χ4n) is 1.67. The van der Waals surface area contributed by atoms with E-state index in [-0.39, 0.29) is 11.4 Å². The minimum atomic E-state index is -1.03. The third kappa shape index (κ3) is 3.83. The number of carboxylic acids is 1. The maximum atomic E-state index is 13.6. The third-order valence-electron chi connectivity index (χ3n) is 2.66. The molecule has 4 heteroatoms. The highest BCUT2D eigenvalue weighted by Crippen LogP contribution is 2.20. The molecule has 0 radical (unpaired) electrons. The summed E-state index contributed by atoms with van der Waals surface area (Å²) in [5, 5.41) is 8.87. The van der Waals surface area contributed by atoms with Crippen molar-refractivity contribution in [1.82, 2.24) is 0 Å². The first kappa shape index (κ1) is 13.6. The number of benzene rings is 2. The Kier molecular flexibility index (Phi) is 4.58. The number of carboxylic acid groups (broad SMARTS) is 1. The van der Waals surface area contributed by atoms with Gasteiger partial charge in [-0.15, -0.1) is 0 Å². The Morgan fingerprint density at radius 3 is 2.53 bits per heavy atom. The number of hydrogen-bond donors (Lipinski definition) is 1. The first-order valence-electron chi connectivity index (χ1n) is 5.80. The predicted octanol–water partition coefficient (Wildman–Crippen LogP) is 3.96. The summed E-state index contributed by atoms with van der Waals surface area (Å²) in [6, 6.07) is 13.8. The van der Waals surface area contributed by atoms with Crippen LogP contribution in [0.2, 0.25) is 0 Å². The Morgan fingerprint density at radius 1 is 1.11 bits per heavy atom. The Morgan fingerprint density at radius 2 is 1.84 bits per heavy atom. The molecule has 2 rings (SSSR count). The molecule has 19 heavy (non-hydrogen) atoms. The van der Waals surface area contributed by atoms with Crippen molar-refractivity contribution < 1.29 is 14.3 Å². The summed E-state index contributed by atoms with van der Waals surface area (Å²) in [7, 11) is 0. The second kappa shape index (κ2) is 6.38. The number of rotatable bonds is 5. The average molecular weight is 276 g/mol. The SMILES string of the molecule is O=C(O)c1ccc(F)c(CSCc2ccccc2)c1. The zero-order valence-electron chi connectivity index (χ0n) is 10.2. The molecule has 98 valence electrons. The fraction of sp³-hybridized carbons (Fsp3) is 0.133. The molecule has 0 atom stereocenters. The normalized spacial score (nSPS) is 10.4. The predicted molar refractivity (Wildman–Crippen MR) is 74.8 cm³/mol. The lowest BCUT2D eigenvalue weighted by Gasteiger charge is -2.05. The molecule has 2 aromatic carbocycles. The third-order valence-corrected chi connectivity index (χ3v) is 3.71. The number of thioether (sulfide) groups is 1. The monoisotopic (exact) mass is 276 g/mol. The van der Waals surface area contributed by atoms with E-state index < -0.39 is 5.97 Å². The van der Waals surface area contributed by atoms with Gasteiger partial charge in [0.25, 0.3) is 0 Å². The first-order valence-corrected chi connectivity index (χ1v) is 6.95. The quantitative estimate of drug-likeness (QED) is 0.898. The van der Waals surface area contributed by atoms with Crippen LogP contribution in [-0.2, 0) is 11.5 Å². The van der Waals surface area contributed by atoms with Crippen LogP contribution in [0.3, 0.4) is 0 Å². The van der Waals surface area contributed by atoms with E-state index in [0.717, 1.165) is 5.75 Å². The van der Waals surface area contributed by atoms with Gasteiger partial charge in [-0.25, -0.2) is 9.18 Å². The summed E-state index contributed by atoms with van der Waals surface area (Å²) in [4.78, 5) is 10.8. The van der Waals surface area contributed by atoms with Crippen LogP contribution in [0.4, 0.5) is 4.39 Å². The van der Waals surface area contributed by atoms with Gasteiger partial charge < -0.3 is 5.11 Å². The van der Waals surface area contributed by atoms with Gasteiger partial charge in [-0.2, -0.15) is 11.8 Å². The molecule has 0 saturated heterocycles. The lowest BCUT2D eigenvalue weighted by atomic mass is 10.1. The van der Waals surface area contributed by atoms with Crippen molar-refractivity contribution in [2.45, 2.75) is 11.5 Å². The molecule has 0 heterocycles. The standard InChI is InChI=1S/C15H13FO2S/c16-14-7-6-12(15(17)18)8-13(14)10-19-9-11-4-2-1-3-5-11/h1-8H,9-10H2,(H,17,18). The Bertz CT molecular complexity index is 570. The van der Waals surface area contributed by atoms with E-state index in [0.29, 0.717) is 11.3 Å². The lowest BCUT2D eigenvalue weighted by molar-refractivity contribution is 0.0696. The van der Waals surface area contributed by atoms with Crippen molar-refractivity contribution in [3.05, 3.63) is 71.0 Å². The topological polar surface area (TPSA) is 37.3 Å². The van der Waals surface area contributed by atoms with Crippen molar-refractivity contribution in [2.24, 2.45) is 0 Å². The van der Waals surface area contributed by atoms with Gasteiger partial charge in [0.05, 0.1) is 5.56 Å². The van der Waals surface area contributed by atoms with Crippen molar-refractivity contribution in [3.63, 3.8) is 0 Å². The fourth-order valence-corrected chi connectivity index (χ4v) is 2.64. The van der Waals surface area contributed by atoms with Crippen molar-refractivity contribution in [2.75, 3.05) is 0 Å². The summed E-state index contributed by atoms with van der Waals surface area (Å²) >= 11 is 1.56. The molecule has 0 saturated carbocycles. The van der Waals surface area contributed by atoms with Crippen LogP contribution in [0, 0.1) is 5.82 Å². The summed E-state index contributed by atoms with van der Waals surface area (Å²) in [5.74, 6) is -0.153. The van der Waals surface area contributed by atoms with E-state index in [4.69, 9.17) is 5.11 Å². The summed E-state index contributed by atoms with van der Waals surface area (Å²) < 4.78 is 13.6. The molecular formula is C15H13FO2S. The zero-order chi connectivity index (χ0) is 13.7.